The maximum atomic E-state index is 5.73. The van der Waals surface area contributed by atoms with E-state index in [9.17, 15) is 0 Å². The molecule has 29 heavy (non-hydrogen) atoms. The van der Waals surface area contributed by atoms with Crippen LogP contribution in [0.25, 0.3) is 0 Å². The maximum Gasteiger partial charge on any atom is 0.191 e. The van der Waals surface area contributed by atoms with Crippen molar-refractivity contribution in [3.8, 4) is 11.5 Å². The highest BCUT2D eigenvalue weighted by Gasteiger charge is 2.24. The molecule has 1 aromatic carbocycles. The van der Waals surface area contributed by atoms with Gasteiger partial charge in [0.05, 0.1) is 26.5 Å². The van der Waals surface area contributed by atoms with Gasteiger partial charge in [0.2, 0.25) is 0 Å². The second-order valence-corrected chi connectivity index (χ2v) is 7.11. The van der Waals surface area contributed by atoms with Gasteiger partial charge in [0, 0.05) is 31.8 Å². The Bertz CT molecular complexity index is 770. The number of hydrogen-bond donors (Lipinski definition) is 2. The van der Waals surface area contributed by atoms with E-state index in [1.165, 1.54) is 19.3 Å². The lowest BCUT2D eigenvalue weighted by Crippen LogP contribution is -2.44. The average Bonchev–Trinajstić information content (AvgIpc) is 3.31. The molecule has 1 aromatic heterocycles. The van der Waals surface area contributed by atoms with Gasteiger partial charge in [-0.25, -0.2) is 0 Å². The molecule has 1 fully saturated rings. The van der Waals surface area contributed by atoms with Crippen molar-refractivity contribution in [1.29, 1.82) is 0 Å². The zero-order valence-corrected chi connectivity index (χ0v) is 17.6. The molecule has 1 saturated heterocycles. The summed E-state index contributed by atoms with van der Waals surface area (Å²) in [5.74, 6) is 3.30. The largest absolute Gasteiger partial charge is 0.497 e. The fourth-order valence-corrected chi connectivity index (χ4v) is 3.71. The van der Waals surface area contributed by atoms with Crippen molar-refractivity contribution in [2.45, 2.75) is 31.8 Å². The van der Waals surface area contributed by atoms with Crippen LogP contribution in [-0.2, 0) is 6.54 Å². The van der Waals surface area contributed by atoms with Gasteiger partial charge in [-0.1, -0.05) is 6.42 Å². The Labute approximate surface area is 173 Å². The second-order valence-electron chi connectivity index (χ2n) is 7.11. The lowest BCUT2D eigenvalue weighted by molar-refractivity contribution is 0.146. The number of nitrogens with zero attached hydrogens (tertiary/aromatic N) is 2. The number of guanidine groups is 1. The molecular weight excluding hydrogens is 368 g/mol. The first-order valence-electron chi connectivity index (χ1n) is 10.2. The number of methoxy groups -OCH3 is 2. The first-order valence-corrected chi connectivity index (χ1v) is 10.2. The molecule has 0 amide bonds. The van der Waals surface area contributed by atoms with Crippen molar-refractivity contribution in [3.63, 3.8) is 0 Å². The van der Waals surface area contributed by atoms with Crippen LogP contribution in [0.3, 0.4) is 0 Å². The summed E-state index contributed by atoms with van der Waals surface area (Å²) in [5, 5.41) is 6.83. The molecule has 0 radical (unpaired) electrons. The Morgan fingerprint density at radius 1 is 1.14 bits per heavy atom. The predicted molar refractivity (Wildman–Crippen MR) is 115 cm³/mol. The van der Waals surface area contributed by atoms with Crippen LogP contribution < -0.4 is 20.1 Å². The number of piperidine rings is 1. The Morgan fingerprint density at radius 2 is 1.97 bits per heavy atom. The molecule has 1 unspecified atom stereocenters. The van der Waals surface area contributed by atoms with Gasteiger partial charge in [0.1, 0.15) is 17.3 Å². The molecule has 7 heteroatoms. The van der Waals surface area contributed by atoms with Crippen LogP contribution in [0.4, 0.5) is 0 Å². The predicted octanol–water partition coefficient (Wildman–Crippen LogP) is 3.19. The fraction of sp³-hybridized carbons (Fsp3) is 0.500. The van der Waals surface area contributed by atoms with Crippen LogP contribution in [0.1, 0.15) is 36.6 Å². The Hall–Kier alpha value is -2.67. The molecule has 1 aliphatic heterocycles. The van der Waals surface area contributed by atoms with E-state index in [1.54, 1.807) is 27.5 Å². The van der Waals surface area contributed by atoms with Gasteiger partial charge in [-0.3, -0.25) is 9.89 Å². The topological polar surface area (TPSA) is 71.3 Å². The Morgan fingerprint density at radius 3 is 2.62 bits per heavy atom. The average molecular weight is 401 g/mol. The summed E-state index contributed by atoms with van der Waals surface area (Å²) in [4.78, 5) is 6.87. The molecular formula is C22H32N4O3. The van der Waals surface area contributed by atoms with E-state index in [4.69, 9.17) is 13.9 Å². The number of aliphatic imine (C=N–C) groups is 1. The molecule has 2 aromatic rings. The zero-order valence-electron chi connectivity index (χ0n) is 17.6. The number of nitrogens with one attached hydrogen (secondary N) is 2. The van der Waals surface area contributed by atoms with Gasteiger partial charge in [0.15, 0.2) is 5.96 Å². The molecule has 0 saturated carbocycles. The number of likely N-dealkylation sites (tertiary alicyclic amines) is 1. The summed E-state index contributed by atoms with van der Waals surface area (Å²) in [6, 6.07) is 10.0. The first kappa shape index (κ1) is 21.0. The lowest BCUT2D eigenvalue weighted by Gasteiger charge is -2.33. The summed E-state index contributed by atoms with van der Waals surface area (Å²) < 4.78 is 16.5. The van der Waals surface area contributed by atoms with E-state index < -0.39 is 0 Å². The molecule has 1 aliphatic rings. The molecule has 0 bridgehead atoms. The van der Waals surface area contributed by atoms with Gasteiger partial charge in [-0.15, -0.1) is 0 Å². The van der Waals surface area contributed by atoms with Crippen molar-refractivity contribution >= 4 is 5.96 Å². The normalized spacial score (nSPS) is 16.3. The molecule has 2 N–H and O–H groups in total. The van der Waals surface area contributed by atoms with Crippen LogP contribution >= 0.6 is 0 Å². The number of hydrogen-bond acceptors (Lipinski definition) is 5. The van der Waals surface area contributed by atoms with Crippen LogP contribution in [-0.4, -0.2) is 51.8 Å². The van der Waals surface area contributed by atoms with Gasteiger partial charge in [-0.2, -0.15) is 0 Å². The molecule has 0 aliphatic carbocycles. The van der Waals surface area contributed by atoms with E-state index in [0.29, 0.717) is 6.54 Å². The molecule has 158 valence electrons. The number of furan rings is 1. The van der Waals surface area contributed by atoms with Crippen molar-refractivity contribution < 1.29 is 13.9 Å². The van der Waals surface area contributed by atoms with E-state index in [2.05, 4.69) is 26.6 Å². The van der Waals surface area contributed by atoms with Gasteiger partial charge in [0.25, 0.3) is 0 Å². The van der Waals surface area contributed by atoms with Gasteiger partial charge >= 0.3 is 0 Å². The zero-order chi connectivity index (χ0) is 20.5. The minimum Gasteiger partial charge on any atom is -0.497 e. The van der Waals surface area contributed by atoms with Crippen LogP contribution in [0.15, 0.2) is 46.0 Å². The Balaban J connectivity index is 1.60. The van der Waals surface area contributed by atoms with Gasteiger partial charge < -0.3 is 24.5 Å². The quantitative estimate of drug-likeness (QED) is 0.524. The first-order chi connectivity index (χ1) is 14.2. The van der Waals surface area contributed by atoms with Crippen molar-refractivity contribution in [2.75, 3.05) is 40.9 Å². The maximum absolute atomic E-state index is 5.73. The monoisotopic (exact) mass is 400 g/mol. The van der Waals surface area contributed by atoms with Crippen molar-refractivity contribution in [1.82, 2.24) is 15.5 Å². The number of rotatable bonds is 8. The third kappa shape index (κ3) is 5.67. The molecule has 3 rings (SSSR count). The SMILES string of the molecule is CN=C(NCc1ccc(OC)cc1OC)NCC(c1ccco1)N1CCCCC1. The summed E-state index contributed by atoms with van der Waals surface area (Å²) in [5.41, 5.74) is 1.04. The highest BCUT2D eigenvalue weighted by atomic mass is 16.5. The Kier molecular flexibility index (Phi) is 7.81. The smallest absolute Gasteiger partial charge is 0.191 e. The highest BCUT2D eigenvalue weighted by Crippen LogP contribution is 2.25. The minimum atomic E-state index is 0.194. The minimum absolute atomic E-state index is 0.194. The summed E-state index contributed by atoms with van der Waals surface area (Å²) in [6.07, 6.45) is 5.53. The summed E-state index contributed by atoms with van der Waals surface area (Å²) in [7, 11) is 5.09. The van der Waals surface area contributed by atoms with Crippen LogP contribution in [0.5, 0.6) is 11.5 Å². The molecule has 2 heterocycles. The van der Waals surface area contributed by atoms with Crippen molar-refractivity contribution in [3.05, 3.63) is 47.9 Å². The fourth-order valence-electron chi connectivity index (χ4n) is 3.71. The second kappa shape index (κ2) is 10.8. The van der Waals surface area contributed by atoms with Crippen LogP contribution in [0, 0.1) is 0 Å². The van der Waals surface area contributed by atoms with Crippen molar-refractivity contribution in [2.24, 2.45) is 4.99 Å². The van der Waals surface area contributed by atoms with Gasteiger partial charge in [-0.05, 0) is 50.2 Å². The third-order valence-electron chi connectivity index (χ3n) is 5.33. The highest BCUT2D eigenvalue weighted by molar-refractivity contribution is 5.79. The molecule has 0 spiro atoms. The third-order valence-corrected chi connectivity index (χ3v) is 5.33. The molecule has 1 atom stereocenters. The number of benzene rings is 1. The molecule has 7 nitrogen and oxygen atoms in total. The van der Waals surface area contributed by atoms with E-state index in [-0.39, 0.29) is 6.04 Å². The number of ether oxygens (including phenoxy) is 2. The lowest BCUT2D eigenvalue weighted by atomic mass is 10.1. The van der Waals surface area contributed by atoms with Crippen LogP contribution in [0.2, 0.25) is 0 Å². The van der Waals surface area contributed by atoms with E-state index >= 15 is 0 Å². The summed E-state index contributed by atoms with van der Waals surface area (Å²) >= 11 is 0. The van der Waals surface area contributed by atoms with E-state index in [0.717, 1.165) is 48.4 Å². The standard InChI is InChI=1S/C22H32N4O3/c1-23-22(24-15-17-9-10-18(27-2)14-21(17)28-3)25-16-19(20-8-7-13-29-20)26-11-5-4-6-12-26/h7-10,13-14,19H,4-6,11-12,15-16H2,1-3H3,(H2,23,24,25). The summed E-state index contributed by atoms with van der Waals surface area (Å²) in [6.45, 7) is 3.53. The van der Waals surface area contributed by atoms with E-state index in [1.807, 2.05) is 24.3 Å².